The Morgan fingerprint density at radius 3 is 2.62 bits per heavy atom. The highest BCUT2D eigenvalue weighted by Gasteiger charge is 2.44. The van der Waals surface area contributed by atoms with E-state index >= 15 is 0 Å². The van der Waals surface area contributed by atoms with Gasteiger partial charge in [0.1, 0.15) is 6.67 Å². The van der Waals surface area contributed by atoms with Crippen molar-refractivity contribution in [2.24, 2.45) is 11.8 Å². The van der Waals surface area contributed by atoms with Gasteiger partial charge in [0.15, 0.2) is 0 Å². The molecule has 3 nitrogen and oxygen atoms in total. The highest BCUT2D eigenvalue weighted by Crippen LogP contribution is 2.35. The molecule has 0 saturated carbocycles. The van der Waals surface area contributed by atoms with Crippen molar-refractivity contribution in [3.05, 3.63) is 0 Å². The van der Waals surface area contributed by atoms with Gasteiger partial charge in [-0.2, -0.15) is 0 Å². The molecule has 4 heteroatoms. The fourth-order valence-electron chi connectivity index (χ4n) is 2.45. The molecule has 16 heavy (non-hydrogen) atoms. The highest BCUT2D eigenvalue weighted by molar-refractivity contribution is 4.91. The molecule has 4 atom stereocenters. The van der Waals surface area contributed by atoms with Gasteiger partial charge in [-0.05, 0) is 19.3 Å². The summed E-state index contributed by atoms with van der Waals surface area (Å²) in [5, 5.41) is 8.71. The number of hydrogen-bond donors (Lipinski definition) is 1. The molecule has 0 aromatic heterocycles. The molecule has 96 valence electrons. The third kappa shape index (κ3) is 3.15. The monoisotopic (exact) mass is 234 g/mol. The molecule has 1 fully saturated rings. The van der Waals surface area contributed by atoms with Gasteiger partial charge in [-0.1, -0.05) is 13.8 Å². The maximum absolute atomic E-state index is 12.8. The molecular weight excluding hydrogens is 211 g/mol. The van der Waals surface area contributed by atoms with E-state index in [2.05, 4.69) is 13.8 Å². The first kappa shape index (κ1) is 13.9. The summed E-state index contributed by atoms with van der Waals surface area (Å²) in [5.74, 6) is 0.448. The molecule has 1 heterocycles. The summed E-state index contributed by atoms with van der Waals surface area (Å²) >= 11 is 0. The number of aliphatic hydroxyl groups excluding tert-OH is 1. The van der Waals surface area contributed by atoms with Gasteiger partial charge in [-0.25, -0.2) is 4.39 Å². The predicted octanol–water partition coefficient (Wildman–Crippen LogP) is 1.78. The van der Waals surface area contributed by atoms with Crippen LogP contribution < -0.4 is 0 Å². The second-order valence-corrected chi connectivity index (χ2v) is 4.77. The van der Waals surface area contributed by atoms with Gasteiger partial charge in [0.25, 0.3) is 0 Å². The van der Waals surface area contributed by atoms with Crippen LogP contribution in [0.1, 0.15) is 27.2 Å². The van der Waals surface area contributed by atoms with E-state index in [-0.39, 0.29) is 30.8 Å². The Kier molecular flexibility index (Phi) is 5.66. The van der Waals surface area contributed by atoms with Crippen LogP contribution in [0.5, 0.6) is 0 Å². The number of halogens is 1. The van der Waals surface area contributed by atoms with E-state index < -0.39 is 6.67 Å². The topological polar surface area (TPSA) is 38.7 Å². The Morgan fingerprint density at radius 2 is 2.12 bits per heavy atom. The summed E-state index contributed by atoms with van der Waals surface area (Å²) in [6.45, 7) is 6.24. The maximum atomic E-state index is 12.8. The Morgan fingerprint density at radius 1 is 1.44 bits per heavy atom. The lowest BCUT2D eigenvalue weighted by Crippen LogP contribution is -2.34. The van der Waals surface area contributed by atoms with E-state index in [1.54, 1.807) is 0 Å². The van der Waals surface area contributed by atoms with Crippen molar-refractivity contribution in [3.63, 3.8) is 0 Å². The molecule has 0 unspecified atom stereocenters. The highest BCUT2D eigenvalue weighted by atomic mass is 19.1. The number of rotatable bonds is 6. The number of hydrogen-bond acceptors (Lipinski definition) is 3. The van der Waals surface area contributed by atoms with Crippen LogP contribution in [0.4, 0.5) is 4.39 Å². The van der Waals surface area contributed by atoms with Crippen LogP contribution in [0.25, 0.3) is 0 Å². The van der Waals surface area contributed by atoms with E-state index in [4.69, 9.17) is 14.6 Å². The molecule has 1 aliphatic rings. The van der Waals surface area contributed by atoms with E-state index in [1.807, 2.05) is 6.92 Å². The number of ether oxygens (including phenoxy) is 2. The van der Waals surface area contributed by atoms with Crippen molar-refractivity contribution in [1.29, 1.82) is 0 Å². The average molecular weight is 234 g/mol. The second kappa shape index (κ2) is 6.52. The SMILES string of the molecule is CC(C)[C@H]1[C@@H](OCCCO)[C@H](C)O[C@@H]1CF. The average Bonchev–Trinajstić information content (AvgIpc) is 2.56. The molecule has 0 aromatic rings. The van der Waals surface area contributed by atoms with Gasteiger partial charge in [0, 0.05) is 19.1 Å². The zero-order valence-electron chi connectivity index (χ0n) is 10.4. The van der Waals surface area contributed by atoms with Crippen molar-refractivity contribution in [3.8, 4) is 0 Å². The minimum absolute atomic E-state index is 0.0488. The molecule has 0 radical (unpaired) electrons. The van der Waals surface area contributed by atoms with Crippen molar-refractivity contribution >= 4 is 0 Å². The Labute approximate surface area is 96.9 Å². The van der Waals surface area contributed by atoms with Crippen molar-refractivity contribution in [2.45, 2.75) is 45.5 Å². The molecule has 0 bridgehead atoms. The first-order chi connectivity index (χ1) is 7.61. The summed E-state index contributed by atoms with van der Waals surface area (Å²) < 4.78 is 24.1. The molecular formula is C12H23FO3. The van der Waals surface area contributed by atoms with Crippen LogP contribution in [-0.4, -0.2) is 43.3 Å². The number of aliphatic hydroxyl groups is 1. The minimum Gasteiger partial charge on any atom is -0.396 e. The molecule has 0 amide bonds. The lowest BCUT2D eigenvalue weighted by molar-refractivity contribution is -0.0235. The van der Waals surface area contributed by atoms with E-state index in [0.29, 0.717) is 18.9 Å². The van der Waals surface area contributed by atoms with Gasteiger partial charge >= 0.3 is 0 Å². The van der Waals surface area contributed by atoms with Crippen LogP contribution >= 0.6 is 0 Å². The molecule has 1 saturated heterocycles. The molecule has 0 aromatic carbocycles. The summed E-state index contributed by atoms with van der Waals surface area (Å²) in [6, 6.07) is 0. The summed E-state index contributed by atoms with van der Waals surface area (Å²) in [6.07, 6.45) is 0.169. The first-order valence-electron chi connectivity index (χ1n) is 6.05. The first-order valence-corrected chi connectivity index (χ1v) is 6.05. The quantitative estimate of drug-likeness (QED) is 0.712. The standard InChI is InChI=1S/C12H23FO3/c1-8(2)11-10(7-13)16-9(3)12(11)15-6-4-5-14/h8-12,14H,4-7H2,1-3H3/t9-,10+,11+,12-/m0/s1. The van der Waals surface area contributed by atoms with Gasteiger partial charge in [-0.3, -0.25) is 0 Å². The zero-order chi connectivity index (χ0) is 12.1. The fourth-order valence-corrected chi connectivity index (χ4v) is 2.45. The third-order valence-corrected chi connectivity index (χ3v) is 3.20. The van der Waals surface area contributed by atoms with E-state index in [9.17, 15) is 4.39 Å². The van der Waals surface area contributed by atoms with Crippen LogP contribution in [0, 0.1) is 11.8 Å². The van der Waals surface area contributed by atoms with Crippen LogP contribution in [0.3, 0.4) is 0 Å². The van der Waals surface area contributed by atoms with Crippen molar-refractivity contribution in [2.75, 3.05) is 19.9 Å². The zero-order valence-corrected chi connectivity index (χ0v) is 10.4. The fraction of sp³-hybridized carbons (Fsp3) is 1.00. The van der Waals surface area contributed by atoms with Gasteiger partial charge in [-0.15, -0.1) is 0 Å². The Hall–Kier alpha value is -0.190. The van der Waals surface area contributed by atoms with E-state index in [1.165, 1.54) is 0 Å². The molecule has 1 aliphatic heterocycles. The lowest BCUT2D eigenvalue weighted by Gasteiger charge is -2.26. The van der Waals surface area contributed by atoms with Crippen LogP contribution in [-0.2, 0) is 9.47 Å². The Balaban J connectivity index is 2.56. The normalized spacial score (nSPS) is 34.9. The minimum atomic E-state index is -0.451. The molecule has 1 N–H and O–H groups in total. The van der Waals surface area contributed by atoms with Crippen molar-refractivity contribution < 1.29 is 19.0 Å². The number of alkyl halides is 1. The smallest absolute Gasteiger partial charge is 0.116 e. The van der Waals surface area contributed by atoms with Gasteiger partial charge < -0.3 is 14.6 Å². The largest absolute Gasteiger partial charge is 0.396 e. The van der Waals surface area contributed by atoms with Crippen LogP contribution in [0.15, 0.2) is 0 Å². The summed E-state index contributed by atoms with van der Waals surface area (Å²) in [5.41, 5.74) is 0. The molecule has 1 rings (SSSR count). The Bertz CT molecular complexity index is 199. The van der Waals surface area contributed by atoms with Gasteiger partial charge in [0.2, 0.25) is 0 Å². The molecule has 0 aliphatic carbocycles. The predicted molar refractivity (Wildman–Crippen MR) is 60.1 cm³/mol. The summed E-state index contributed by atoms with van der Waals surface area (Å²) in [7, 11) is 0. The maximum Gasteiger partial charge on any atom is 0.116 e. The molecule has 0 spiro atoms. The van der Waals surface area contributed by atoms with Crippen LogP contribution in [0.2, 0.25) is 0 Å². The summed E-state index contributed by atoms with van der Waals surface area (Å²) in [4.78, 5) is 0. The lowest BCUT2D eigenvalue weighted by atomic mass is 9.86. The van der Waals surface area contributed by atoms with E-state index in [0.717, 1.165) is 0 Å². The third-order valence-electron chi connectivity index (χ3n) is 3.20. The van der Waals surface area contributed by atoms with Gasteiger partial charge in [0.05, 0.1) is 18.3 Å². The second-order valence-electron chi connectivity index (χ2n) is 4.77. The van der Waals surface area contributed by atoms with Crippen molar-refractivity contribution in [1.82, 2.24) is 0 Å².